The van der Waals surface area contributed by atoms with Crippen molar-refractivity contribution in [1.29, 1.82) is 0 Å². The first-order valence-electron chi connectivity index (χ1n) is 8.42. The van der Waals surface area contributed by atoms with Crippen molar-refractivity contribution in [3.63, 3.8) is 0 Å². The number of benzene rings is 1. The van der Waals surface area contributed by atoms with Gasteiger partial charge >= 0.3 is 0 Å². The van der Waals surface area contributed by atoms with E-state index in [-0.39, 0.29) is 5.41 Å². The second-order valence-corrected chi connectivity index (χ2v) is 8.09. The maximum absolute atomic E-state index is 4.49. The quantitative estimate of drug-likeness (QED) is 0.746. The van der Waals surface area contributed by atoms with E-state index in [2.05, 4.69) is 78.0 Å². The lowest BCUT2D eigenvalue weighted by atomic mass is 9.60. The van der Waals surface area contributed by atoms with Gasteiger partial charge in [0, 0.05) is 11.7 Å². The fourth-order valence-electron chi connectivity index (χ4n) is 3.89. The average molecular weight is 286 g/mol. The topological polar surface area (TPSA) is 12.0 Å². The lowest BCUT2D eigenvalue weighted by Crippen LogP contribution is -2.50. The third kappa shape index (κ3) is 3.44. The minimum absolute atomic E-state index is 0.287. The summed E-state index contributed by atoms with van der Waals surface area (Å²) in [6.45, 7) is 18.5. The van der Waals surface area contributed by atoms with Crippen LogP contribution >= 0.6 is 0 Å². The zero-order valence-electron chi connectivity index (χ0n) is 14.6. The van der Waals surface area contributed by atoms with Gasteiger partial charge in [-0.2, -0.15) is 0 Å². The van der Waals surface area contributed by atoms with Crippen LogP contribution in [0.1, 0.15) is 59.4 Å². The summed E-state index contributed by atoms with van der Waals surface area (Å²) in [5, 5.41) is 3.78. The van der Waals surface area contributed by atoms with Gasteiger partial charge in [0.25, 0.3) is 0 Å². The molecule has 1 nitrogen and oxygen atoms in total. The van der Waals surface area contributed by atoms with Crippen LogP contribution in [0.2, 0.25) is 0 Å². The van der Waals surface area contributed by atoms with Gasteiger partial charge in [0.1, 0.15) is 0 Å². The largest absolute Gasteiger partial charge is 0.381 e. The van der Waals surface area contributed by atoms with Crippen molar-refractivity contribution in [2.75, 3.05) is 5.32 Å². The predicted molar refractivity (Wildman–Crippen MR) is 93.5 cm³/mol. The van der Waals surface area contributed by atoms with Crippen molar-refractivity contribution in [1.82, 2.24) is 0 Å². The summed E-state index contributed by atoms with van der Waals surface area (Å²) in [5.41, 5.74) is 2.92. The van der Waals surface area contributed by atoms with Gasteiger partial charge in [0.15, 0.2) is 0 Å². The molecule has 0 amide bonds. The molecule has 1 radical (unpaired) electrons. The van der Waals surface area contributed by atoms with E-state index < -0.39 is 0 Å². The molecular weight excluding hydrogens is 254 g/mol. The highest BCUT2D eigenvalue weighted by atomic mass is 15.0. The first-order chi connectivity index (χ1) is 9.72. The molecule has 2 rings (SSSR count). The Hall–Kier alpha value is -0.980. The summed E-state index contributed by atoms with van der Waals surface area (Å²) in [6.07, 6.45) is 1.27. The minimum atomic E-state index is 0.287. The Labute approximate surface area is 131 Å². The molecule has 2 unspecified atom stereocenters. The number of anilines is 1. The molecule has 0 aliphatic heterocycles. The molecule has 0 spiro atoms. The molecule has 1 fully saturated rings. The normalized spacial score (nSPS) is 32.2. The van der Waals surface area contributed by atoms with Crippen LogP contribution < -0.4 is 5.32 Å². The number of hydrogen-bond acceptors (Lipinski definition) is 1. The monoisotopic (exact) mass is 286 g/mol. The smallest absolute Gasteiger partial charge is 0.0343 e. The lowest BCUT2D eigenvalue weighted by molar-refractivity contribution is 0.0794. The molecule has 0 heterocycles. The number of rotatable bonds is 3. The van der Waals surface area contributed by atoms with Gasteiger partial charge in [0.2, 0.25) is 0 Å². The van der Waals surface area contributed by atoms with E-state index >= 15 is 0 Å². The highest BCUT2D eigenvalue weighted by Crippen LogP contribution is 2.46. The van der Waals surface area contributed by atoms with Crippen LogP contribution in [0.15, 0.2) is 24.3 Å². The van der Waals surface area contributed by atoms with E-state index in [1.807, 2.05) is 0 Å². The Morgan fingerprint density at radius 3 is 2.24 bits per heavy atom. The van der Waals surface area contributed by atoms with E-state index in [9.17, 15) is 0 Å². The second kappa shape index (κ2) is 6.02. The Bertz CT molecular complexity index is 457. The fourth-order valence-corrected chi connectivity index (χ4v) is 3.89. The van der Waals surface area contributed by atoms with Crippen molar-refractivity contribution in [3.8, 4) is 0 Å². The molecule has 1 aliphatic carbocycles. The molecule has 1 heteroatoms. The van der Waals surface area contributed by atoms with E-state index in [0.29, 0.717) is 23.8 Å². The molecule has 1 aromatic rings. The van der Waals surface area contributed by atoms with Crippen LogP contribution in [0.4, 0.5) is 5.69 Å². The third-order valence-corrected chi connectivity index (χ3v) is 5.59. The zero-order chi connectivity index (χ0) is 15.8. The lowest BCUT2D eigenvalue weighted by Gasteiger charge is -2.49. The Morgan fingerprint density at radius 1 is 1.14 bits per heavy atom. The van der Waals surface area contributed by atoms with Crippen LogP contribution in [-0.4, -0.2) is 6.04 Å². The molecule has 21 heavy (non-hydrogen) atoms. The zero-order valence-corrected chi connectivity index (χ0v) is 14.6. The molecule has 1 saturated carbocycles. The Balaban J connectivity index is 2.16. The third-order valence-electron chi connectivity index (χ3n) is 5.59. The molecule has 0 aromatic heterocycles. The molecule has 1 N–H and O–H groups in total. The summed E-state index contributed by atoms with van der Waals surface area (Å²) in [7, 11) is 0. The van der Waals surface area contributed by atoms with Crippen LogP contribution in [0.25, 0.3) is 0 Å². The van der Waals surface area contributed by atoms with E-state index in [0.717, 1.165) is 5.92 Å². The van der Waals surface area contributed by atoms with E-state index in [1.165, 1.54) is 17.7 Å². The molecule has 0 saturated heterocycles. The molecule has 117 valence electrons. The average Bonchev–Trinajstić information content (AvgIpc) is 2.41. The van der Waals surface area contributed by atoms with Gasteiger partial charge < -0.3 is 5.32 Å². The van der Waals surface area contributed by atoms with Crippen molar-refractivity contribution in [3.05, 3.63) is 36.8 Å². The van der Waals surface area contributed by atoms with Gasteiger partial charge in [-0.25, -0.2) is 0 Å². The predicted octanol–water partition coefficient (Wildman–Crippen LogP) is 5.74. The van der Waals surface area contributed by atoms with Gasteiger partial charge in [-0.3, -0.25) is 0 Å². The molecule has 4 atom stereocenters. The Morgan fingerprint density at radius 2 is 1.71 bits per heavy atom. The first-order valence-corrected chi connectivity index (χ1v) is 8.42. The first kappa shape index (κ1) is 16.4. The van der Waals surface area contributed by atoms with Crippen LogP contribution in [0.3, 0.4) is 0 Å². The van der Waals surface area contributed by atoms with Gasteiger partial charge in [0.05, 0.1) is 0 Å². The molecule has 1 aromatic carbocycles. The van der Waals surface area contributed by atoms with Crippen molar-refractivity contribution in [2.24, 2.45) is 23.2 Å². The summed E-state index contributed by atoms with van der Waals surface area (Å²) in [4.78, 5) is 0. The number of nitrogens with one attached hydrogen (secondary N) is 1. The van der Waals surface area contributed by atoms with E-state index in [1.54, 1.807) is 0 Å². The molecular formula is C20H32N. The molecule has 0 bridgehead atoms. The summed E-state index contributed by atoms with van der Waals surface area (Å²) < 4.78 is 0. The van der Waals surface area contributed by atoms with Crippen LogP contribution in [0, 0.1) is 30.1 Å². The van der Waals surface area contributed by atoms with Gasteiger partial charge in [-0.05, 0) is 60.1 Å². The van der Waals surface area contributed by atoms with Crippen LogP contribution in [-0.2, 0) is 0 Å². The highest BCUT2D eigenvalue weighted by Gasteiger charge is 2.43. The minimum Gasteiger partial charge on any atom is -0.381 e. The van der Waals surface area contributed by atoms with Crippen molar-refractivity contribution >= 4 is 5.69 Å². The maximum atomic E-state index is 4.49. The SMILES string of the molecule is [CH2][C@@H]1C(C)[C@H](C)CC(C)(C)C1Nc1ccc(C(C)C)cc1. The highest BCUT2D eigenvalue weighted by molar-refractivity contribution is 5.46. The number of hydrogen-bond donors (Lipinski definition) is 1. The van der Waals surface area contributed by atoms with Crippen molar-refractivity contribution < 1.29 is 0 Å². The summed E-state index contributed by atoms with van der Waals surface area (Å²) in [6, 6.07) is 9.37. The van der Waals surface area contributed by atoms with Crippen molar-refractivity contribution in [2.45, 2.75) is 59.9 Å². The Kier molecular flexibility index (Phi) is 4.70. The van der Waals surface area contributed by atoms with E-state index in [4.69, 9.17) is 0 Å². The summed E-state index contributed by atoms with van der Waals surface area (Å²) in [5.74, 6) is 2.47. The molecule has 1 aliphatic rings. The van der Waals surface area contributed by atoms with Gasteiger partial charge in [-0.1, -0.05) is 53.7 Å². The summed E-state index contributed by atoms with van der Waals surface area (Å²) >= 11 is 0. The van der Waals surface area contributed by atoms with Gasteiger partial charge in [-0.15, -0.1) is 0 Å². The standard InChI is InChI=1S/C20H32N/c1-13(2)17-8-10-18(11-9-17)21-19-16(5)15(4)14(3)12-20(19,6)7/h8-11,13-16,19,21H,5,12H2,1-4,6-7H3/t14-,15?,16-,19?/m1/s1. The second-order valence-electron chi connectivity index (χ2n) is 8.09. The fraction of sp³-hybridized carbons (Fsp3) is 0.650. The van der Waals surface area contributed by atoms with Crippen LogP contribution in [0.5, 0.6) is 0 Å². The maximum Gasteiger partial charge on any atom is 0.0343 e.